The van der Waals surface area contributed by atoms with E-state index in [1.54, 1.807) is 4.90 Å². The minimum Gasteiger partial charge on any atom is -0.492 e. The maximum Gasteiger partial charge on any atom is 0.226 e. The van der Waals surface area contributed by atoms with Crippen molar-refractivity contribution < 1.29 is 9.53 Å². The Bertz CT molecular complexity index is 674. The quantitative estimate of drug-likeness (QED) is 0.802. The normalized spacial score (nSPS) is 19.2. The minimum absolute atomic E-state index is 0.0524. The number of ether oxygens (including phenoxy) is 1. The molecule has 1 amide bonds. The number of carbonyl (C=O) groups excluding carboxylic acids is 1. The fourth-order valence-corrected chi connectivity index (χ4v) is 3.07. The van der Waals surface area contributed by atoms with E-state index in [1.165, 1.54) is 0 Å². The summed E-state index contributed by atoms with van der Waals surface area (Å²) in [6.45, 7) is 1.08. The van der Waals surface area contributed by atoms with Gasteiger partial charge in [-0.3, -0.25) is 4.79 Å². The fraction of sp³-hybridized carbons (Fsp3) is 0.316. The van der Waals surface area contributed by atoms with E-state index in [2.05, 4.69) is 0 Å². The molecule has 2 unspecified atom stereocenters. The fourth-order valence-electron chi connectivity index (χ4n) is 2.80. The number of carbonyl (C=O) groups is 1. The summed E-state index contributed by atoms with van der Waals surface area (Å²) < 4.78 is 5.64. The van der Waals surface area contributed by atoms with Gasteiger partial charge in [0, 0.05) is 18.0 Å². The van der Waals surface area contributed by atoms with Gasteiger partial charge in [0.05, 0.1) is 6.54 Å². The third-order valence-electron chi connectivity index (χ3n) is 4.23. The standard InChI is InChI=1S/C19H20ClNO2/c1-21(11-12-23-14-7-3-2-4-8-14)19(22)17-13-16(17)15-9-5-6-10-18(15)20/h2-10,16-17H,11-13H2,1H3. The number of hydrogen-bond acceptors (Lipinski definition) is 2. The van der Waals surface area contributed by atoms with E-state index in [4.69, 9.17) is 16.3 Å². The number of likely N-dealkylation sites (N-methyl/N-ethyl adjacent to an activating group) is 1. The Morgan fingerprint density at radius 3 is 2.61 bits per heavy atom. The average molecular weight is 330 g/mol. The lowest BCUT2D eigenvalue weighted by Gasteiger charge is -2.17. The van der Waals surface area contributed by atoms with E-state index in [9.17, 15) is 4.79 Å². The molecule has 2 aromatic rings. The summed E-state index contributed by atoms with van der Waals surface area (Å²) in [5.74, 6) is 1.31. The van der Waals surface area contributed by atoms with E-state index in [0.29, 0.717) is 13.2 Å². The van der Waals surface area contributed by atoms with Gasteiger partial charge in [0.25, 0.3) is 0 Å². The molecule has 2 atom stereocenters. The first kappa shape index (κ1) is 15.9. The molecule has 120 valence electrons. The Morgan fingerprint density at radius 1 is 1.17 bits per heavy atom. The summed E-state index contributed by atoms with van der Waals surface area (Å²) in [6, 6.07) is 17.4. The highest BCUT2D eigenvalue weighted by atomic mass is 35.5. The Hall–Kier alpha value is -2.00. The Morgan fingerprint density at radius 2 is 1.87 bits per heavy atom. The van der Waals surface area contributed by atoms with E-state index >= 15 is 0 Å². The van der Waals surface area contributed by atoms with Crippen molar-refractivity contribution in [2.45, 2.75) is 12.3 Å². The summed E-state index contributed by atoms with van der Waals surface area (Å²) in [7, 11) is 1.83. The van der Waals surface area contributed by atoms with Gasteiger partial charge in [-0.1, -0.05) is 48.0 Å². The highest BCUT2D eigenvalue weighted by Gasteiger charge is 2.45. The molecule has 2 aromatic carbocycles. The molecule has 0 aliphatic heterocycles. The minimum atomic E-state index is 0.0524. The van der Waals surface area contributed by atoms with Crippen molar-refractivity contribution in [1.82, 2.24) is 4.90 Å². The van der Waals surface area contributed by atoms with Gasteiger partial charge in [-0.2, -0.15) is 0 Å². The maximum absolute atomic E-state index is 12.5. The van der Waals surface area contributed by atoms with Crippen LogP contribution in [0.25, 0.3) is 0 Å². The zero-order chi connectivity index (χ0) is 16.2. The molecule has 1 aliphatic rings. The molecule has 0 spiro atoms. The number of para-hydroxylation sites is 1. The van der Waals surface area contributed by atoms with Crippen LogP contribution in [0.2, 0.25) is 5.02 Å². The summed E-state index contributed by atoms with van der Waals surface area (Å²) in [5, 5.41) is 0.753. The van der Waals surface area contributed by atoms with E-state index in [-0.39, 0.29) is 17.7 Å². The summed E-state index contributed by atoms with van der Waals surface area (Å²) >= 11 is 6.22. The molecule has 0 N–H and O–H groups in total. The van der Waals surface area contributed by atoms with Crippen LogP contribution in [0.1, 0.15) is 17.9 Å². The van der Waals surface area contributed by atoms with Gasteiger partial charge in [-0.25, -0.2) is 0 Å². The predicted molar refractivity (Wildman–Crippen MR) is 91.9 cm³/mol. The highest BCUT2D eigenvalue weighted by molar-refractivity contribution is 6.31. The molecule has 1 aliphatic carbocycles. The van der Waals surface area contributed by atoms with Gasteiger partial charge in [0.2, 0.25) is 5.91 Å². The van der Waals surface area contributed by atoms with Crippen LogP contribution in [0.5, 0.6) is 5.75 Å². The monoisotopic (exact) mass is 329 g/mol. The van der Waals surface area contributed by atoms with Gasteiger partial charge in [0.15, 0.2) is 0 Å². The van der Waals surface area contributed by atoms with Crippen molar-refractivity contribution in [3.8, 4) is 5.75 Å². The van der Waals surface area contributed by atoms with Crippen molar-refractivity contribution in [3.63, 3.8) is 0 Å². The van der Waals surface area contributed by atoms with Crippen LogP contribution in [0.4, 0.5) is 0 Å². The van der Waals surface area contributed by atoms with Crippen LogP contribution in [-0.2, 0) is 4.79 Å². The smallest absolute Gasteiger partial charge is 0.226 e. The van der Waals surface area contributed by atoms with Crippen molar-refractivity contribution in [2.75, 3.05) is 20.2 Å². The third kappa shape index (κ3) is 3.85. The van der Waals surface area contributed by atoms with Crippen LogP contribution in [0, 0.1) is 5.92 Å². The molecule has 0 aromatic heterocycles. The Kier molecular flexibility index (Phi) is 4.87. The van der Waals surface area contributed by atoms with Crippen molar-refractivity contribution in [1.29, 1.82) is 0 Å². The van der Waals surface area contributed by atoms with Gasteiger partial charge < -0.3 is 9.64 Å². The van der Waals surface area contributed by atoms with Crippen molar-refractivity contribution in [2.24, 2.45) is 5.92 Å². The molecule has 4 heteroatoms. The van der Waals surface area contributed by atoms with Crippen LogP contribution >= 0.6 is 11.6 Å². The van der Waals surface area contributed by atoms with Gasteiger partial charge >= 0.3 is 0 Å². The molecule has 0 heterocycles. The Labute approximate surface area is 141 Å². The molecule has 23 heavy (non-hydrogen) atoms. The highest BCUT2D eigenvalue weighted by Crippen LogP contribution is 2.50. The number of nitrogens with zero attached hydrogens (tertiary/aromatic N) is 1. The lowest BCUT2D eigenvalue weighted by Crippen LogP contribution is -2.32. The predicted octanol–water partition coefficient (Wildman–Crippen LogP) is 3.98. The second-order valence-corrected chi connectivity index (χ2v) is 6.30. The summed E-state index contributed by atoms with van der Waals surface area (Å²) in [6.07, 6.45) is 0.881. The van der Waals surface area contributed by atoms with E-state index in [1.807, 2.05) is 61.6 Å². The first-order valence-electron chi connectivity index (χ1n) is 7.84. The summed E-state index contributed by atoms with van der Waals surface area (Å²) in [4.78, 5) is 14.2. The molecule has 0 bridgehead atoms. The zero-order valence-electron chi connectivity index (χ0n) is 13.1. The molecule has 1 saturated carbocycles. The Balaban J connectivity index is 1.48. The van der Waals surface area contributed by atoms with Gasteiger partial charge in [-0.15, -0.1) is 0 Å². The summed E-state index contributed by atoms with van der Waals surface area (Å²) in [5.41, 5.74) is 1.08. The zero-order valence-corrected chi connectivity index (χ0v) is 13.9. The van der Waals surface area contributed by atoms with Crippen LogP contribution < -0.4 is 4.74 Å². The first-order valence-corrected chi connectivity index (χ1v) is 8.22. The second-order valence-electron chi connectivity index (χ2n) is 5.89. The molecule has 3 rings (SSSR count). The molecule has 3 nitrogen and oxygen atoms in total. The van der Waals surface area contributed by atoms with Crippen molar-refractivity contribution in [3.05, 3.63) is 65.2 Å². The third-order valence-corrected chi connectivity index (χ3v) is 4.57. The topological polar surface area (TPSA) is 29.5 Å². The number of hydrogen-bond donors (Lipinski definition) is 0. The lowest BCUT2D eigenvalue weighted by molar-refractivity contribution is -0.131. The molecular formula is C19H20ClNO2. The molecule has 0 radical (unpaired) electrons. The lowest BCUT2D eigenvalue weighted by atomic mass is 10.1. The second kappa shape index (κ2) is 7.05. The van der Waals surface area contributed by atoms with Gasteiger partial charge in [-0.05, 0) is 36.1 Å². The largest absolute Gasteiger partial charge is 0.492 e. The van der Waals surface area contributed by atoms with E-state index < -0.39 is 0 Å². The van der Waals surface area contributed by atoms with Crippen LogP contribution in [0.3, 0.4) is 0 Å². The van der Waals surface area contributed by atoms with Gasteiger partial charge in [0.1, 0.15) is 12.4 Å². The van der Waals surface area contributed by atoms with Crippen LogP contribution in [-0.4, -0.2) is 31.0 Å². The molecule has 1 fully saturated rings. The maximum atomic E-state index is 12.5. The first-order chi connectivity index (χ1) is 11.2. The van der Waals surface area contributed by atoms with Crippen LogP contribution in [0.15, 0.2) is 54.6 Å². The number of amides is 1. The molecule has 0 saturated heterocycles. The number of benzene rings is 2. The number of rotatable bonds is 6. The average Bonchev–Trinajstić information content (AvgIpc) is 3.36. The molecular weight excluding hydrogens is 310 g/mol. The van der Waals surface area contributed by atoms with E-state index in [0.717, 1.165) is 22.8 Å². The SMILES string of the molecule is CN(CCOc1ccccc1)C(=O)C1CC1c1ccccc1Cl. The number of halogens is 1. The van der Waals surface area contributed by atoms with Crippen molar-refractivity contribution >= 4 is 17.5 Å².